The van der Waals surface area contributed by atoms with Crippen LogP contribution in [-0.2, 0) is 9.63 Å². The standard InChI is InChI=1S/C12H12N2O4.CH4/c1-8(15)13-6-7-18-14-11(16)9-4-2-3-5-10(9)12(14)17;/h2-5H,6-7H2,1H3,(H,13,15);1H4. The Bertz CT molecular complexity index is 478. The number of benzene rings is 1. The minimum absolute atomic E-state index is 0. The average Bonchev–Trinajstić information content (AvgIpc) is 2.59. The molecular formula is C13H16N2O4. The molecule has 102 valence electrons. The highest BCUT2D eigenvalue weighted by molar-refractivity contribution is 6.20. The molecule has 0 unspecified atom stereocenters. The Hall–Kier alpha value is -2.21. The van der Waals surface area contributed by atoms with Crippen LogP contribution in [0.4, 0.5) is 0 Å². The van der Waals surface area contributed by atoms with E-state index in [4.69, 9.17) is 4.84 Å². The lowest BCUT2D eigenvalue weighted by molar-refractivity contribution is -0.120. The molecule has 6 nitrogen and oxygen atoms in total. The molecule has 3 amide bonds. The maximum atomic E-state index is 11.8. The second-order valence-corrected chi connectivity index (χ2v) is 3.77. The van der Waals surface area contributed by atoms with E-state index in [-0.39, 0.29) is 26.5 Å². The molecule has 0 spiro atoms. The average molecular weight is 264 g/mol. The van der Waals surface area contributed by atoms with Gasteiger partial charge in [0.15, 0.2) is 0 Å². The van der Waals surface area contributed by atoms with E-state index in [9.17, 15) is 14.4 Å². The van der Waals surface area contributed by atoms with Gasteiger partial charge >= 0.3 is 0 Å². The smallest absolute Gasteiger partial charge is 0.285 e. The third-order valence-corrected chi connectivity index (χ3v) is 2.45. The molecule has 0 bridgehead atoms. The summed E-state index contributed by atoms with van der Waals surface area (Å²) in [7, 11) is 0. The highest BCUT2D eigenvalue weighted by atomic mass is 16.7. The number of hydrogen-bond acceptors (Lipinski definition) is 4. The summed E-state index contributed by atoms with van der Waals surface area (Å²) in [6, 6.07) is 6.52. The van der Waals surface area contributed by atoms with Crippen LogP contribution in [0.15, 0.2) is 24.3 Å². The van der Waals surface area contributed by atoms with E-state index in [0.717, 1.165) is 5.06 Å². The van der Waals surface area contributed by atoms with E-state index >= 15 is 0 Å². The molecule has 6 heteroatoms. The maximum absolute atomic E-state index is 11.8. The lowest BCUT2D eigenvalue weighted by atomic mass is 10.1. The van der Waals surface area contributed by atoms with E-state index in [2.05, 4.69) is 5.32 Å². The van der Waals surface area contributed by atoms with Gasteiger partial charge < -0.3 is 5.32 Å². The maximum Gasteiger partial charge on any atom is 0.285 e. The minimum Gasteiger partial charge on any atom is -0.354 e. The summed E-state index contributed by atoms with van der Waals surface area (Å²) in [4.78, 5) is 39.4. The summed E-state index contributed by atoms with van der Waals surface area (Å²) in [5.74, 6) is -1.14. The molecule has 1 heterocycles. The lowest BCUT2D eigenvalue weighted by Crippen LogP contribution is -2.34. The summed E-state index contributed by atoms with van der Waals surface area (Å²) < 4.78 is 0. The normalized spacial score (nSPS) is 13.0. The molecule has 1 N–H and O–H groups in total. The molecule has 0 saturated heterocycles. The van der Waals surface area contributed by atoms with Crippen molar-refractivity contribution in [3.8, 4) is 0 Å². The Morgan fingerprint density at radius 1 is 1.21 bits per heavy atom. The Morgan fingerprint density at radius 3 is 2.21 bits per heavy atom. The lowest BCUT2D eigenvalue weighted by Gasteiger charge is -2.13. The van der Waals surface area contributed by atoms with Gasteiger partial charge in [0.2, 0.25) is 5.91 Å². The van der Waals surface area contributed by atoms with Gasteiger partial charge in [-0.05, 0) is 12.1 Å². The number of nitrogens with zero attached hydrogens (tertiary/aromatic N) is 1. The first-order valence-corrected chi connectivity index (χ1v) is 5.46. The molecule has 1 aliphatic rings. The van der Waals surface area contributed by atoms with Crippen LogP contribution < -0.4 is 5.32 Å². The van der Waals surface area contributed by atoms with E-state index in [1.54, 1.807) is 24.3 Å². The Kier molecular flexibility index (Phi) is 4.77. The predicted molar refractivity (Wildman–Crippen MR) is 68.3 cm³/mol. The topological polar surface area (TPSA) is 75.7 Å². The van der Waals surface area contributed by atoms with Crippen molar-refractivity contribution in [1.82, 2.24) is 10.4 Å². The summed E-state index contributed by atoms with van der Waals surface area (Å²) in [6.45, 7) is 1.68. The van der Waals surface area contributed by atoms with E-state index in [1.807, 2.05) is 0 Å². The highest BCUT2D eigenvalue weighted by Crippen LogP contribution is 2.22. The van der Waals surface area contributed by atoms with Crippen molar-refractivity contribution >= 4 is 17.7 Å². The summed E-state index contributed by atoms with van der Waals surface area (Å²) in [5, 5.41) is 3.24. The zero-order chi connectivity index (χ0) is 13.1. The van der Waals surface area contributed by atoms with Crippen LogP contribution in [0.3, 0.4) is 0 Å². The number of hydrogen-bond donors (Lipinski definition) is 1. The quantitative estimate of drug-likeness (QED) is 0.650. The molecule has 19 heavy (non-hydrogen) atoms. The van der Waals surface area contributed by atoms with Gasteiger partial charge in [0.1, 0.15) is 0 Å². The number of fused-ring (bicyclic) bond motifs is 1. The van der Waals surface area contributed by atoms with Gasteiger partial charge in [-0.3, -0.25) is 19.2 Å². The van der Waals surface area contributed by atoms with Crippen molar-refractivity contribution in [2.45, 2.75) is 14.4 Å². The molecule has 1 aromatic rings. The van der Waals surface area contributed by atoms with Crippen LogP contribution in [0.2, 0.25) is 0 Å². The summed E-state index contributed by atoms with van der Waals surface area (Å²) in [6.07, 6.45) is 0. The number of rotatable bonds is 4. The molecule has 0 radical (unpaired) electrons. The fourth-order valence-corrected chi connectivity index (χ4v) is 1.65. The zero-order valence-electron chi connectivity index (χ0n) is 9.80. The molecule has 0 fully saturated rings. The van der Waals surface area contributed by atoms with Gasteiger partial charge in [0, 0.05) is 13.5 Å². The minimum atomic E-state index is -0.474. The SMILES string of the molecule is C.CC(=O)NCCON1C(=O)c2ccccc2C1=O. The number of carbonyl (C=O) groups is 3. The first-order valence-electron chi connectivity index (χ1n) is 5.46. The third-order valence-electron chi connectivity index (χ3n) is 2.45. The van der Waals surface area contributed by atoms with Crippen LogP contribution in [0.5, 0.6) is 0 Å². The first-order chi connectivity index (χ1) is 8.61. The molecule has 0 aliphatic carbocycles. The number of imide groups is 1. The van der Waals surface area contributed by atoms with Gasteiger partial charge in [-0.1, -0.05) is 19.6 Å². The van der Waals surface area contributed by atoms with E-state index < -0.39 is 11.8 Å². The van der Waals surface area contributed by atoms with Gasteiger partial charge in [0.05, 0.1) is 17.7 Å². The van der Waals surface area contributed by atoms with Crippen molar-refractivity contribution in [3.05, 3.63) is 35.4 Å². The van der Waals surface area contributed by atoms with Gasteiger partial charge in [0.25, 0.3) is 11.8 Å². The molecular weight excluding hydrogens is 248 g/mol. The van der Waals surface area contributed by atoms with Crippen molar-refractivity contribution in [1.29, 1.82) is 0 Å². The van der Waals surface area contributed by atoms with Crippen molar-refractivity contribution in [3.63, 3.8) is 0 Å². The van der Waals surface area contributed by atoms with Crippen molar-refractivity contribution < 1.29 is 19.2 Å². The number of carbonyl (C=O) groups excluding carboxylic acids is 3. The van der Waals surface area contributed by atoms with E-state index in [1.165, 1.54) is 6.92 Å². The molecule has 0 saturated carbocycles. The molecule has 1 aliphatic heterocycles. The largest absolute Gasteiger partial charge is 0.354 e. The van der Waals surface area contributed by atoms with Crippen molar-refractivity contribution in [2.24, 2.45) is 0 Å². The third kappa shape index (κ3) is 2.97. The molecule has 1 aromatic carbocycles. The Labute approximate surface area is 111 Å². The van der Waals surface area contributed by atoms with E-state index in [0.29, 0.717) is 11.1 Å². The van der Waals surface area contributed by atoms with Crippen LogP contribution in [-0.4, -0.2) is 35.9 Å². The number of hydroxylamine groups is 2. The number of amides is 3. The second kappa shape index (κ2) is 6.10. The van der Waals surface area contributed by atoms with Crippen LogP contribution >= 0.6 is 0 Å². The van der Waals surface area contributed by atoms with Gasteiger partial charge in [-0.25, -0.2) is 0 Å². The van der Waals surface area contributed by atoms with Gasteiger partial charge in [-0.15, -0.1) is 5.06 Å². The Balaban J connectivity index is 0.00000180. The molecule has 0 atom stereocenters. The fraction of sp³-hybridized carbons (Fsp3) is 0.308. The van der Waals surface area contributed by atoms with Crippen LogP contribution in [0, 0.1) is 0 Å². The monoisotopic (exact) mass is 264 g/mol. The van der Waals surface area contributed by atoms with Gasteiger partial charge in [-0.2, -0.15) is 0 Å². The van der Waals surface area contributed by atoms with Crippen molar-refractivity contribution in [2.75, 3.05) is 13.2 Å². The summed E-state index contributed by atoms with van der Waals surface area (Å²) >= 11 is 0. The second-order valence-electron chi connectivity index (χ2n) is 3.77. The van der Waals surface area contributed by atoms with Crippen LogP contribution in [0.25, 0.3) is 0 Å². The highest BCUT2D eigenvalue weighted by Gasteiger charge is 2.36. The van der Waals surface area contributed by atoms with Crippen LogP contribution in [0.1, 0.15) is 35.1 Å². The predicted octanol–water partition coefficient (Wildman–Crippen LogP) is 0.986. The summed E-state index contributed by atoms with van der Waals surface area (Å²) in [5.41, 5.74) is 0.670. The molecule has 2 rings (SSSR count). The zero-order valence-corrected chi connectivity index (χ0v) is 9.80. The molecule has 0 aromatic heterocycles. The fourth-order valence-electron chi connectivity index (χ4n) is 1.65. The Morgan fingerprint density at radius 2 is 1.74 bits per heavy atom. The number of nitrogens with one attached hydrogen (secondary N) is 1. The first kappa shape index (κ1) is 14.8.